The molecule has 0 spiro atoms. The predicted molar refractivity (Wildman–Crippen MR) is 111 cm³/mol. The van der Waals surface area contributed by atoms with Gasteiger partial charge in [0.1, 0.15) is 5.75 Å². The number of hydrogen-bond donors (Lipinski definition) is 0. The van der Waals surface area contributed by atoms with Crippen LogP contribution in [0, 0.1) is 22.7 Å². The summed E-state index contributed by atoms with van der Waals surface area (Å²) in [5.41, 5.74) is 1.96. The summed E-state index contributed by atoms with van der Waals surface area (Å²) in [6, 6.07) is 8.75. The highest BCUT2D eigenvalue weighted by Crippen LogP contribution is 2.43. The number of rotatable bonds is 6. The van der Waals surface area contributed by atoms with Crippen LogP contribution in [-0.4, -0.2) is 13.4 Å². The van der Waals surface area contributed by atoms with Crippen LogP contribution in [-0.2, 0) is 4.74 Å². The lowest BCUT2D eigenvalue weighted by Gasteiger charge is -2.36. The van der Waals surface area contributed by atoms with E-state index in [2.05, 4.69) is 72.7 Å². The van der Waals surface area contributed by atoms with Crippen LogP contribution in [0.15, 0.2) is 24.3 Å². The molecule has 0 heterocycles. The van der Waals surface area contributed by atoms with Crippen LogP contribution in [0.3, 0.4) is 0 Å². The van der Waals surface area contributed by atoms with E-state index in [0.717, 1.165) is 11.7 Å². The second-order valence-electron chi connectivity index (χ2n) is 10.7. The molecule has 0 bridgehead atoms. The minimum absolute atomic E-state index is 0.126. The van der Waals surface area contributed by atoms with Crippen molar-refractivity contribution >= 4 is 0 Å². The highest BCUT2D eigenvalue weighted by Gasteiger charge is 2.32. The second-order valence-corrected chi connectivity index (χ2v) is 10.7. The molecule has 0 N–H and O–H groups in total. The van der Waals surface area contributed by atoms with Crippen molar-refractivity contribution in [1.29, 1.82) is 0 Å². The topological polar surface area (TPSA) is 18.5 Å². The summed E-state index contributed by atoms with van der Waals surface area (Å²) in [5.74, 6) is 2.75. The fraction of sp³-hybridized carbons (Fsp3) is 0.750. The Morgan fingerprint density at radius 1 is 1.00 bits per heavy atom. The zero-order valence-electron chi connectivity index (χ0n) is 18.3. The average molecular weight is 361 g/mol. The first-order chi connectivity index (χ1) is 12.0. The minimum Gasteiger partial charge on any atom is -0.465 e. The Bertz CT molecular complexity index is 547. The van der Waals surface area contributed by atoms with Gasteiger partial charge >= 0.3 is 0 Å². The molecule has 148 valence electrons. The number of hydrogen-bond acceptors (Lipinski definition) is 2. The van der Waals surface area contributed by atoms with E-state index in [1.54, 1.807) is 7.11 Å². The van der Waals surface area contributed by atoms with E-state index in [0.29, 0.717) is 17.3 Å². The zero-order valence-corrected chi connectivity index (χ0v) is 18.3. The molecular weight excluding hydrogens is 320 g/mol. The van der Waals surface area contributed by atoms with E-state index in [-0.39, 0.29) is 11.7 Å². The maximum atomic E-state index is 6.19. The predicted octanol–water partition coefficient (Wildman–Crippen LogP) is 7.04. The third-order valence-electron chi connectivity index (χ3n) is 5.75. The summed E-state index contributed by atoms with van der Waals surface area (Å²) in [6.07, 6.45) is 4.74. The van der Waals surface area contributed by atoms with Crippen LogP contribution in [0.25, 0.3) is 0 Å². The van der Waals surface area contributed by atoms with E-state index in [1.807, 2.05) is 0 Å². The molecule has 0 amide bonds. The van der Waals surface area contributed by atoms with Crippen LogP contribution < -0.4 is 4.74 Å². The maximum absolute atomic E-state index is 6.19. The third kappa shape index (κ3) is 6.01. The van der Waals surface area contributed by atoms with Gasteiger partial charge < -0.3 is 9.47 Å². The lowest BCUT2D eigenvalue weighted by molar-refractivity contribution is -0.0916. The van der Waals surface area contributed by atoms with Crippen LogP contribution in [0.4, 0.5) is 0 Å². The van der Waals surface area contributed by atoms with Gasteiger partial charge in [0.25, 0.3) is 0 Å². The Kier molecular flexibility index (Phi) is 6.82. The first kappa shape index (κ1) is 21.3. The molecule has 0 radical (unpaired) electrons. The molecule has 2 rings (SSSR count). The van der Waals surface area contributed by atoms with E-state index in [9.17, 15) is 0 Å². The first-order valence-electron chi connectivity index (χ1n) is 10.3. The standard InChI is InChI=1S/C24H40O2/c1-17-9-10-19(15-17)22(25-8)26-20-13-11-18(12-14-20)21(24(5,6)7)16-23(2,3)4/h11-14,17,19,21-22H,9-10,15-16H2,1-8H3. The Morgan fingerprint density at radius 2 is 1.62 bits per heavy atom. The molecular formula is C24H40O2. The number of methoxy groups -OCH3 is 1. The summed E-state index contributed by atoms with van der Waals surface area (Å²) < 4.78 is 11.9. The quantitative estimate of drug-likeness (QED) is 0.506. The van der Waals surface area contributed by atoms with E-state index in [1.165, 1.54) is 31.2 Å². The van der Waals surface area contributed by atoms with Gasteiger partial charge in [0.2, 0.25) is 6.29 Å². The fourth-order valence-electron chi connectivity index (χ4n) is 4.28. The van der Waals surface area contributed by atoms with Gasteiger partial charge in [-0.1, -0.05) is 67.0 Å². The van der Waals surface area contributed by atoms with Crippen molar-refractivity contribution in [3.05, 3.63) is 29.8 Å². The molecule has 2 heteroatoms. The van der Waals surface area contributed by atoms with Crippen LogP contribution in [0.5, 0.6) is 5.75 Å². The van der Waals surface area contributed by atoms with Gasteiger partial charge in [-0.15, -0.1) is 0 Å². The van der Waals surface area contributed by atoms with Gasteiger partial charge in [0.05, 0.1) is 0 Å². The smallest absolute Gasteiger partial charge is 0.202 e. The molecule has 1 saturated carbocycles. The molecule has 0 aliphatic heterocycles. The summed E-state index contributed by atoms with van der Waals surface area (Å²) in [6.45, 7) is 16.3. The molecule has 1 aliphatic rings. The minimum atomic E-state index is -0.126. The van der Waals surface area contributed by atoms with E-state index in [4.69, 9.17) is 9.47 Å². The Hall–Kier alpha value is -1.02. The summed E-state index contributed by atoms with van der Waals surface area (Å²) in [7, 11) is 1.76. The summed E-state index contributed by atoms with van der Waals surface area (Å²) in [5, 5.41) is 0. The van der Waals surface area contributed by atoms with Crippen molar-refractivity contribution in [2.45, 2.75) is 86.4 Å². The Balaban J connectivity index is 2.10. The van der Waals surface area contributed by atoms with Crippen molar-refractivity contribution in [2.24, 2.45) is 22.7 Å². The molecule has 4 atom stereocenters. The summed E-state index contributed by atoms with van der Waals surface area (Å²) in [4.78, 5) is 0. The van der Waals surface area contributed by atoms with Crippen LogP contribution >= 0.6 is 0 Å². The molecule has 4 unspecified atom stereocenters. The third-order valence-corrected chi connectivity index (χ3v) is 5.75. The lowest BCUT2D eigenvalue weighted by Crippen LogP contribution is -2.27. The van der Waals surface area contributed by atoms with Crippen molar-refractivity contribution in [1.82, 2.24) is 0 Å². The largest absolute Gasteiger partial charge is 0.465 e. The van der Waals surface area contributed by atoms with Gasteiger partial charge in [-0.05, 0) is 59.6 Å². The van der Waals surface area contributed by atoms with Crippen molar-refractivity contribution in [3.63, 3.8) is 0 Å². The Morgan fingerprint density at radius 3 is 2.04 bits per heavy atom. The molecule has 0 aromatic heterocycles. The molecule has 1 aromatic carbocycles. The molecule has 1 aromatic rings. The van der Waals surface area contributed by atoms with E-state index < -0.39 is 0 Å². The number of ether oxygens (including phenoxy) is 2. The van der Waals surface area contributed by atoms with Crippen LogP contribution in [0.1, 0.15) is 85.6 Å². The first-order valence-corrected chi connectivity index (χ1v) is 10.3. The van der Waals surface area contributed by atoms with Crippen molar-refractivity contribution < 1.29 is 9.47 Å². The van der Waals surface area contributed by atoms with E-state index >= 15 is 0 Å². The maximum Gasteiger partial charge on any atom is 0.202 e. The van der Waals surface area contributed by atoms with Gasteiger partial charge in [-0.2, -0.15) is 0 Å². The number of benzene rings is 1. The molecule has 1 fully saturated rings. The van der Waals surface area contributed by atoms with Gasteiger partial charge in [-0.25, -0.2) is 0 Å². The summed E-state index contributed by atoms with van der Waals surface area (Å²) >= 11 is 0. The monoisotopic (exact) mass is 360 g/mol. The highest BCUT2D eigenvalue weighted by atomic mass is 16.7. The van der Waals surface area contributed by atoms with Crippen molar-refractivity contribution in [2.75, 3.05) is 7.11 Å². The molecule has 1 aliphatic carbocycles. The molecule has 2 nitrogen and oxygen atoms in total. The zero-order chi connectivity index (χ0) is 19.5. The SMILES string of the molecule is COC(Oc1ccc(C(CC(C)(C)C)C(C)(C)C)cc1)C1CCC(C)C1. The van der Waals surface area contributed by atoms with Gasteiger partial charge in [0, 0.05) is 13.0 Å². The molecule has 0 saturated heterocycles. The fourth-order valence-corrected chi connectivity index (χ4v) is 4.28. The highest BCUT2D eigenvalue weighted by molar-refractivity contribution is 5.30. The van der Waals surface area contributed by atoms with Crippen LogP contribution in [0.2, 0.25) is 0 Å². The Labute approximate surface area is 161 Å². The van der Waals surface area contributed by atoms with Gasteiger partial charge in [-0.3, -0.25) is 0 Å². The van der Waals surface area contributed by atoms with Gasteiger partial charge in [0.15, 0.2) is 0 Å². The average Bonchev–Trinajstić information content (AvgIpc) is 2.95. The van der Waals surface area contributed by atoms with Crippen molar-refractivity contribution in [3.8, 4) is 5.75 Å². The lowest BCUT2D eigenvalue weighted by atomic mass is 9.69. The second kappa shape index (κ2) is 8.33. The normalized spacial score (nSPS) is 23.7. The molecule has 26 heavy (non-hydrogen) atoms.